The van der Waals surface area contributed by atoms with Crippen LogP contribution in [0.4, 0.5) is 0 Å². The molecule has 60 valence electrons. The van der Waals surface area contributed by atoms with Gasteiger partial charge in [0.2, 0.25) is 0 Å². The minimum absolute atomic E-state index is 0.301. The summed E-state index contributed by atoms with van der Waals surface area (Å²) < 4.78 is 0. The number of benzene rings is 1. The number of hydrogen-bond acceptors (Lipinski definition) is 2. The minimum atomic E-state index is -0.301. The molecular weight excluding hydrogens is 154 g/mol. The maximum atomic E-state index is 5.96. The van der Waals surface area contributed by atoms with Crippen molar-refractivity contribution >= 4 is 12.6 Å². The van der Waals surface area contributed by atoms with Crippen molar-refractivity contribution in [1.29, 1.82) is 0 Å². The fraction of sp³-hybridized carbons (Fsp3) is 0.333. The zero-order valence-electron chi connectivity index (χ0n) is 6.62. The van der Waals surface area contributed by atoms with Gasteiger partial charge in [-0.1, -0.05) is 30.3 Å². The first-order valence-corrected chi connectivity index (χ1v) is 4.25. The van der Waals surface area contributed by atoms with Gasteiger partial charge in [-0.15, -0.1) is 0 Å². The summed E-state index contributed by atoms with van der Waals surface area (Å²) in [4.78, 5) is 0. The number of rotatable bonds is 2. The van der Waals surface area contributed by atoms with Crippen molar-refractivity contribution in [2.45, 2.75) is 12.5 Å². The Balaban J connectivity index is 2.93. The van der Waals surface area contributed by atoms with E-state index in [2.05, 4.69) is 12.6 Å². The highest BCUT2D eigenvalue weighted by atomic mass is 32.1. The molecule has 0 unspecified atom stereocenters. The number of hydrogen-bond donors (Lipinski definition) is 2. The number of nitrogens with two attached hydrogens (primary N) is 1. The molecule has 0 heterocycles. The Hall–Kier alpha value is -0.470. The molecule has 1 aromatic carbocycles. The van der Waals surface area contributed by atoms with E-state index in [4.69, 9.17) is 5.73 Å². The molecule has 2 heteroatoms. The van der Waals surface area contributed by atoms with E-state index < -0.39 is 0 Å². The molecule has 0 fully saturated rings. The van der Waals surface area contributed by atoms with Crippen LogP contribution in [0.3, 0.4) is 0 Å². The molecular formula is C9H13NS. The quantitative estimate of drug-likeness (QED) is 0.645. The van der Waals surface area contributed by atoms with Crippen molar-refractivity contribution in [3.63, 3.8) is 0 Å². The summed E-state index contributed by atoms with van der Waals surface area (Å²) >= 11 is 4.19. The van der Waals surface area contributed by atoms with Gasteiger partial charge >= 0.3 is 0 Å². The topological polar surface area (TPSA) is 26.0 Å². The summed E-state index contributed by atoms with van der Waals surface area (Å²) in [5, 5.41) is 0. The summed E-state index contributed by atoms with van der Waals surface area (Å²) in [7, 11) is 0. The average molecular weight is 167 g/mol. The molecule has 1 rings (SSSR count). The third kappa shape index (κ3) is 1.98. The van der Waals surface area contributed by atoms with Crippen LogP contribution in [-0.2, 0) is 5.54 Å². The van der Waals surface area contributed by atoms with Crippen molar-refractivity contribution in [2.75, 3.05) is 5.75 Å². The highest BCUT2D eigenvalue weighted by molar-refractivity contribution is 7.80. The molecule has 1 nitrogen and oxygen atoms in total. The lowest BCUT2D eigenvalue weighted by atomic mass is 9.96. The first-order chi connectivity index (χ1) is 5.17. The largest absolute Gasteiger partial charge is 0.321 e. The Morgan fingerprint density at radius 2 is 1.91 bits per heavy atom. The van der Waals surface area contributed by atoms with Crippen LogP contribution in [-0.4, -0.2) is 5.75 Å². The van der Waals surface area contributed by atoms with Gasteiger partial charge in [0.25, 0.3) is 0 Å². The van der Waals surface area contributed by atoms with Gasteiger partial charge < -0.3 is 5.73 Å². The van der Waals surface area contributed by atoms with Crippen molar-refractivity contribution < 1.29 is 0 Å². The summed E-state index contributed by atoms with van der Waals surface area (Å²) in [6.45, 7) is 1.98. The lowest BCUT2D eigenvalue weighted by Gasteiger charge is -2.22. The lowest BCUT2D eigenvalue weighted by molar-refractivity contribution is 0.567. The summed E-state index contributed by atoms with van der Waals surface area (Å²) in [5.74, 6) is 0.664. The normalized spacial score (nSPS) is 15.9. The molecule has 1 aromatic rings. The van der Waals surface area contributed by atoms with E-state index in [1.54, 1.807) is 0 Å². The van der Waals surface area contributed by atoms with Gasteiger partial charge in [0.15, 0.2) is 0 Å². The number of thiol groups is 1. The van der Waals surface area contributed by atoms with Gasteiger partial charge in [-0.3, -0.25) is 0 Å². The third-order valence-corrected chi connectivity index (χ3v) is 2.42. The molecule has 0 aliphatic carbocycles. The molecule has 0 radical (unpaired) electrons. The van der Waals surface area contributed by atoms with Crippen LogP contribution >= 0.6 is 12.6 Å². The van der Waals surface area contributed by atoms with Crippen LogP contribution in [0.25, 0.3) is 0 Å². The third-order valence-electron chi connectivity index (χ3n) is 1.76. The van der Waals surface area contributed by atoms with Gasteiger partial charge in [0.05, 0.1) is 0 Å². The highest BCUT2D eigenvalue weighted by Gasteiger charge is 2.17. The summed E-state index contributed by atoms with van der Waals surface area (Å²) in [6.07, 6.45) is 0. The predicted octanol–water partition coefficient (Wildman–Crippen LogP) is 1.79. The van der Waals surface area contributed by atoms with E-state index in [1.807, 2.05) is 37.3 Å². The van der Waals surface area contributed by atoms with E-state index in [0.29, 0.717) is 5.75 Å². The van der Waals surface area contributed by atoms with Crippen LogP contribution in [0.2, 0.25) is 0 Å². The summed E-state index contributed by atoms with van der Waals surface area (Å²) in [6, 6.07) is 10.0. The van der Waals surface area contributed by atoms with Crippen molar-refractivity contribution in [3.8, 4) is 0 Å². The van der Waals surface area contributed by atoms with Crippen LogP contribution in [0, 0.1) is 0 Å². The molecule has 11 heavy (non-hydrogen) atoms. The zero-order valence-corrected chi connectivity index (χ0v) is 7.51. The fourth-order valence-electron chi connectivity index (χ4n) is 0.910. The van der Waals surface area contributed by atoms with Gasteiger partial charge in [0.1, 0.15) is 0 Å². The van der Waals surface area contributed by atoms with Gasteiger partial charge in [-0.2, -0.15) is 12.6 Å². The van der Waals surface area contributed by atoms with E-state index >= 15 is 0 Å². The lowest BCUT2D eigenvalue weighted by Crippen LogP contribution is -2.34. The van der Waals surface area contributed by atoms with Crippen LogP contribution < -0.4 is 5.73 Å². The Kier molecular flexibility index (Phi) is 2.58. The van der Waals surface area contributed by atoms with Gasteiger partial charge in [-0.25, -0.2) is 0 Å². The molecule has 0 saturated carbocycles. The molecule has 1 atom stereocenters. The highest BCUT2D eigenvalue weighted by Crippen LogP contribution is 2.17. The first kappa shape index (κ1) is 8.62. The SMILES string of the molecule is C[C@](N)(CS)c1ccccc1. The van der Waals surface area contributed by atoms with Crippen LogP contribution in [0.5, 0.6) is 0 Å². The maximum Gasteiger partial charge on any atom is 0.0470 e. The second-order valence-electron chi connectivity index (χ2n) is 2.94. The van der Waals surface area contributed by atoms with Gasteiger partial charge in [0, 0.05) is 11.3 Å². The smallest absolute Gasteiger partial charge is 0.0470 e. The molecule has 0 aliphatic heterocycles. The Morgan fingerprint density at radius 1 is 1.36 bits per heavy atom. The summed E-state index contributed by atoms with van der Waals surface area (Å²) in [5.41, 5.74) is 6.79. The van der Waals surface area contributed by atoms with Crippen molar-refractivity contribution in [3.05, 3.63) is 35.9 Å². The Labute approximate surface area is 73.0 Å². The van der Waals surface area contributed by atoms with Crippen LogP contribution in [0.15, 0.2) is 30.3 Å². The molecule has 0 amide bonds. The van der Waals surface area contributed by atoms with E-state index in [-0.39, 0.29) is 5.54 Å². The molecule has 0 spiro atoms. The molecule has 0 aliphatic rings. The Bertz CT molecular complexity index is 218. The Morgan fingerprint density at radius 3 is 2.36 bits per heavy atom. The van der Waals surface area contributed by atoms with Gasteiger partial charge in [-0.05, 0) is 12.5 Å². The molecule has 0 saturated heterocycles. The zero-order chi connectivity index (χ0) is 8.32. The standard InChI is InChI=1S/C9H13NS/c1-9(10,7-11)8-5-3-2-4-6-8/h2-6,11H,7,10H2,1H3/t9-/m0/s1. The van der Waals surface area contributed by atoms with E-state index in [1.165, 1.54) is 0 Å². The average Bonchev–Trinajstić information content (AvgIpc) is 2.06. The van der Waals surface area contributed by atoms with Crippen molar-refractivity contribution in [2.24, 2.45) is 5.73 Å². The fourth-order valence-corrected chi connectivity index (χ4v) is 1.09. The second kappa shape index (κ2) is 3.28. The molecule has 0 bridgehead atoms. The van der Waals surface area contributed by atoms with Crippen LogP contribution in [0.1, 0.15) is 12.5 Å². The van der Waals surface area contributed by atoms with E-state index in [9.17, 15) is 0 Å². The second-order valence-corrected chi connectivity index (χ2v) is 3.26. The predicted molar refractivity (Wildman–Crippen MR) is 51.8 cm³/mol. The van der Waals surface area contributed by atoms with E-state index in [0.717, 1.165) is 5.56 Å². The minimum Gasteiger partial charge on any atom is -0.321 e. The van der Waals surface area contributed by atoms with Crippen molar-refractivity contribution in [1.82, 2.24) is 0 Å². The molecule has 2 N–H and O–H groups in total. The maximum absolute atomic E-state index is 5.96. The molecule has 0 aromatic heterocycles. The first-order valence-electron chi connectivity index (χ1n) is 3.62. The monoisotopic (exact) mass is 167 g/mol.